The lowest BCUT2D eigenvalue weighted by molar-refractivity contribution is -0.123. The van der Waals surface area contributed by atoms with E-state index in [2.05, 4.69) is 10.6 Å². The molecule has 0 bridgehead atoms. The molecular formula is C12H16N2O2. The zero-order valence-electron chi connectivity index (χ0n) is 9.70. The number of hydrogen-bond acceptors (Lipinski definition) is 2. The number of rotatable bonds is 3. The smallest absolute Gasteiger partial charge is 0.229 e. The van der Waals surface area contributed by atoms with Crippen molar-refractivity contribution < 1.29 is 9.59 Å². The molecule has 2 N–H and O–H groups in total. The van der Waals surface area contributed by atoms with Crippen LogP contribution in [-0.4, -0.2) is 12.3 Å². The number of benzene rings is 1. The van der Waals surface area contributed by atoms with Crippen molar-refractivity contribution in [2.45, 2.75) is 20.8 Å². The first-order valence-corrected chi connectivity index (χ1v) is 5.06. The van der Waals surface area contributed by atoms with Crippen LogP contribution >= 0.6 is 0 Å². The quantitative estimate of drug-likeness (QED) is 0.767. The van der Waals surface area contributed by atoms with Crippen LogP contribution in [0.15, 0.2) is 24.3 Å². The van der Waals surface area contributed by atoms with Crippen molar-refractivity contribution in [3.8, 4) is 0 Å². The zero-order chi connectivity index (χ0) is 12.2. The molecule has 0 unspecified atom stereocenters. The van der Waals surface area contributed by atoms with Crippen molar-refractivity contribution in [2.24, 2.45) is 5.41 Å². The standard InChI is InChI=1S/C12H16N2O2/c1-12(2,3)11(16)14-10-7-5-4-6-9(10)13-8-15/h4-8H,1-3H3,(H,13,15)(H,14,16). The largest absolute Gasteiger partial charge is 0.327 e. The first-order valence-electron chi connectivity index (χ1n) is 5.06. The van der Waals surface area contributed by atoms with Crippen LogP contribution in [0.4, 0.5) is 11.4 Å². The minimum Gasteiger partial charge on any atom is -0.327 e. The molecule has 0 fully saturated rings. The Balaban J connectivity index is 2.88. The van der Waals surface area contributed by atoms with Crippen molar-refractivity contribution in [2.75, 3.05) is 10.6 Å². The lowest BCUT2D eigenvalue weighted by Gasteiger charge is -2.19. The number of hydrogen-bond donors (Lipinski definition) is 2. The van der Waals surface area contributed by atoms with Gasteiger partial charge >= 0.3 is 0 Å². The highest BCUT2D eigenvalue weighted by atomic mass is 16.2. The summed E-state index contributed by atoms with van der Waals surface area (Å²) in [5.41, 5.74) is 0.735. The Hall–Kier alpha value is -1.84. The number of anilines is 2. The summed E-state index contributed by atoms with van der Waals surface area (Å²) in [5.74, 6) is -0.0901. The maximum Gasteiger partial charge on any atom is 0.229 e. The molecule has 1 rings (SSSR count). The molecule has 0 saturated heterocycles. The molecule has 86 valence electrons. The Bertz CT molecular complexity index is 394. The molecule has 4 heteroatoms. The van der Waals surface area contributed by atoms with E-state index in [4.69, 9.17) is 0 Å². The predicted octanol–water partition coefficient (Wildman–Crippen LogP) is 2.24. The Morgan fingerprint density at radius 3 is 2.25 bits per heavy atom. The van der Waals surface area contributed by atoms with E-state index in [1.165, 1.54) is 0 Å². The van der Waals surface area contributed by atoms with E-state index in [1.54, 1.807) is 24.3 Å². The van der Waals surface area contributed by atoms with E-state index in [-0.39, 0.29) is 5.91 Å². The summed E-state index contributed by atoms with van der Waals surface area (Å²) in [6.07, 6.45) is 0.585. The van der Waals surface area contributed by atoms with Gasteiger partial charge in [0.05, 0.1) is 11.4 Å². The van der Waals surface area contributed by atoms with E-state index in [9.17, 15) is 9.59 Å². The predicted molar refractivity (Wildman–Crippen MR) is 64.2 cm³/mol. The van der Waals surface area contributed by atoms with Crippen molar-refractivity contribution in [3.05, 3.63) is 24.3 Å². The van der Waals surface area contributed by atoms with Crippen LogP contribution in [0.3, 0.4) is 0 Å². The maximum absolute atomic E-state index is 11.8. The minimum absolute atomic E-state index is 0.0901. The van der Waals surface area contributed by atoms with Gasteiger partial charge in [0.1, 0.15) is 0 Å². The third kappa shape index (κ3) is 3.08. The Morgan fingerprint density at radius 1 is 1.19 bits per heavy atom. The molecular weight excluding hydrogens is 204 g/mol. The number of carbonyl (C=O) groups is 2. The molecule has 1 aromatic carbocycles. The van der Waals surface area contributed by atoms with Crippen LogP contribution in [0.25, 0.3) is 0 Å². The normalized spacial score (nSPS) is 10.7. The SMILES string of the molecule is CC(C)(C)C(=O)Nc1ccccc1NC=O. The van der Waals surface area contributed by atoms with Gasteiger partial charge in [-0.15, -0.1) is 0 Å². The van der Waals surface area contributed by atoms with Gasteiger partial charge in [-0.3, -0.25) is 9.59 Å². The fraction of sp³-hybridized carbons (Fsp3) is 0.333. The second kappa shape index (κ2) is 4.79. The highest BCUT2D eigenvalue weighted by Crippen LogP contribution is 2.23. The van der Waals surface area contributed by atoms with Gasteiger partial charge in [-0.2, -0.15) is 0 Å². The summed E-state index contributed by atoms with van der Waals surface area (Å²) in [7, 11) is 0. The molecule has 0 aliphatic heterocycles. The average molecular weight is 220 g/mol. The number of para-hydroxylation sites is 2. The third-order valence-electron chi connectivity index (χ3n) is 2.07. The molecule has 4 nitrogen and oxygen atoms in total. The summed E-state index contributed by atoms with van der Waals surface area (Å²) in [4.78, 5) is 22.1. The summed E-state index contributed by atoms with van der Waals surface area (Å²) >= 11 is 0. The molecule has 0 aliphatic rings. The highest BCUT2D eigenvalue weighted by molar-refractivity contribution is 5.98. The molecule has 0 aromatic heterocycles. The van der Waals surface area contributed by atoms with Gasteiger partial charge in [0.25, 0.3) is 0 Å². The van der Waals surface area contributed by atoms with Crippen LogP contribution in [0.1, 0.15) is 20.8 Å². The molecule has 1 aromatic rings. The second-order valence-corrected chi connectivity index (χ2v) is 4.51. The van der Waals surface area contributed by atoms with Crippen LogP contribution < -0.4 is 10.6 Å². The van der Waals surface area contributed by atoms with E-state index in [0.717, 1.165) is 0 Å². The van der Waals surface area contributed by atoms with Gasteiger partial charge < -0.3 is 10.6 Å². The van der Waals surface area contributed by atoms with Crippen LogP contribution in [-0.2, 0) is 9.59 Å². The van der Waals surface area contributed by atoms with Gasteiger partial charge in [0, 0.05) is 5.41 Å². The topological polar surface area (TPSA) is 58.2 Å². The van der Waals surface area contributed by atoms with Gasteiger partial charge in [0.2, 0.25) is 12.3 Å². The zero-order valence-corrected chi connectivity index (χ0v) is 9.70. The lowest BCUT2D eigenvalue weighted by atomic mass is 9.95. The van der Waals surface area contributed by atoms with E-state index < -0.39 is 5.41 Å². The van der Waals surface area contributed by atoms with Crippen molar-refractivity contribution >= 4 is 23.7 Å². The van der Waals surface area contributed by atoms with Gasteiger partial charge in [0.15, 0.2) is 0 Å². The van der Waals surface area contributed by atoms with Crippen molar-refractivity contribution in [1.29, 1.82) is 0 Å². The number of nitrogens with one attached hydrogen (secondary N) is 2. The first-order chi connectivity index (χ1) is 7.45. The summed E-state index contributed by atoms with van der Waals surface area (Å²) in [5, 5.41) is 5.31. The molecule has 0 radical (unpaired) electrons. The molecule has 0 atom stereocenters. The molecule has 16 heavy (non-hydrogen) atoms. The van der Waals surface area contributed by atoms with Gasteiger partial charge in [-0.1, -0.05) is 32.9 Å². The molecule has 0 saturated carbocycles. The van der Waals surface area contributed by atoms with Crippen molar-refractivity contribution in [1.82, 2.24) is 0 Å². The Kier molecular flexibility index (Phi) is 3.66. The van der Waals surface area contributed by atoms with Crippen molar-refractivity contribution in [3.63, 3.8) is 0 Å². The van der Waals surface area contributed by atoms with Gasteiger partial charge in [-0.05, 0) is 12.1 Å². The minimum atomic E-state index is -0.464. The fourth-order valence-electron chi connectivity index (χ4n) is 1.09. The number of carbonyl (C=O) groups excluding carboxylic acids is 2. The van der Waals surface area contributed by atoms with E-state index >= 15 is 0 Å². The van der Waals surface area contributed by atoms with Crippen LogP contribution in [0.5, 0.6) is 0 Å². The molecule has 0 spiro atoms. The Morgan fingerprint density at radius 2 is 1.75 bits per heavy atom. The lowest BCUT2D eigenvalue weighted by Crippen LogP contribution is -2.27. The monoisotopic (exact) mass is 220 g/mol. The fourth-order valence-corrected chi connectivity index (χ4v) is 1.09. The molecule has 2 amide bonds. The maximum atomic E-state index is 11.8. The Labute approximate surface area is 95.0 Å². The van der Waals surface area contributed by atoms with E-state index in [0.29, 0.717) is 17.8 Å². The van der Waals surface area contributed by atoms with E-state index in [1.807, 2.05) is 20.8 Å². The highest BCUT2D eigenvalue weighted by Gasteiger charge is 2.21. The third-order valence-corrected chi connectivity index (χ3v) is 2.07. The summed E-state index contributed by atoms with van der Waals surface area (Å²) in [6.45, 7) is 5.49. The summed E-state index contributed by atoms with van der Waals surface area (Å²) < 4.78 is 0. The van der Waals surface area contributed by atoms with Gasteiger partial charge in [-0.25, -0.2) is 0 Å². The second-order valence-electron chi connectivity index (χ2n) is 4.51. The summed E-state index contributed by atoms with van der Waals surface area (Å²) in [6, 6.07) is 7.06. The molecule has 0 heterocycles. The molecule has 0 aliphatic carbocycles. The number of amides is 2. The van der Waals surface area contributed by atoms with Crippen LogP contribution in [0, 0.1) is 5.41 Å². The average Bonchev–Trinajstić information content (AvgIpc) is 2.20. The van der Waals surface area contributed by atoms with Crippen LogP contribution in [0.2, 0.25) is 0 Å². The first kappa shape index (κ1) is 12.2.